The van der Waals surface area contributed by atoms with E-state index in [1.807, 2.05) is 33.9 Å². The first-order chi connectivity index (χ1) is 17.0. The third-order valence-electron chi connectivity index (χ3n) is 8.84. The van der Waals surface area contributed by atoms with E-state index in [1.54, 1.807) is 6.92 Å². The summed E-state index contributed by atoms with van der Waals surface area (Å²) in [5, 5.41) is 2.92. The lowest BCUT2D eigenvalue weighted by Gasteiger charge is -2.45. The van der Waals surface area contributed by atoms with Gasteiger partial charge in [0, 0.05) is 12.8 Å². The number of carbonyl (C=O) groups excluding carboxylic acids is 2. The summed E-state index contributed by atoms with van der Waals surface area (Å²) < 4.78 is 50.9. The van der Waals surface area contributed by atoms with Crippen LogP contribution in [0.1, 0.15) is 48.5 Å². The average Bonchev–Trinajstić information content (AvgIpc) is 3.14. The molecule has 38 heavy (non-hydrogen) atoms. The lowest BCUT2D eigenvalue weighted by Crippen LogP contribution is -2.64. The molecule has 5 atom stereocenters. The minimum absolute atomic E-state index is 0.0260. The number of hydrogen-bond donors (Lipinski definition) is 2. The highest BCUT2D eigenvalue weighted by Crippen LogP contribution is 2.50. The summed E-state index contributed by atoms with van der Waals surface area (Å²) in [4.78, 5) is 26.6. The van der Waals surface area contributed by atoms with Gasteiger partial charge in [0.25, 0.3) is 10.1 Å². The first-order valence-electron chi connectivity index (χ1n) is 12.9. The van der Waals surface area contributed by atoms with Gasteiger partial charge < -0.3 is 19.6 Å². The monoisotopic (exact) mass is 591 g/mol. The number of nitrogens with zero attached hydrogens (tertiary/aromatic N) is 1. The molecule has 3 rings (SSSR count). The Bertz CT molecular complexity index is 1110. The van der Waals surface area contributed by atoms with Crippen LogP contribution in [0.15, 0.2) is 11.1 Å². The van der Waals surface area contributed by atoms with Crippen molar-refractivity contribution in [1.29, 1.82) is 0 Å². The largest absolute Gasteiger partial charge is 0.406 e. The van der Waals surface area contributed by atoms with E-state index in [4.69, 9.17) is 23.8 Å². The molecule has 2 saturated heterocycles. The Balaban J connectivity index is 2.14. The first-order valence-corrected chi connectivity index (χ1v) is 20.5. The number of nitrogens with one attached hydrogen (secondary N) is 1. The first kappa shape index (κ1) is 31.2. The number of carbonyl (C=O) groups is 2. The van der Waals surface area contributed by atoms with E-state index in [2.05, 4.69) is 39.2 Å². The number of nitrogens with two attached hydrogens (primary N) is 1. The van der Waals surface area contributed by atoms with Gasteiger partial charge in [-0.3, -0.25) is 15.0 Å². The Morgan fingerprint density at radius 3 is 2.18 bits per heavy atom. The summed E-state index contributed by atoms with van der Waals surface area (Å²) >= 11 is 0. The van der Waals surface area contributed by atoms with Gasteiger partial charge in [-0.25, -0.2) is 8.98 Å². The summed E-state index contributed by atoms with van der Waals surface area (Å²) in [5.74, 6) is -0.917. The Kier molecular flexibility index (Phi) is 7.94. The van der Waals surface area contributed by atoms with Gasteiger partial charge in [-0.1, -0.05) is 61.6 Å². The Labute approximate surface area is 229 Å². The molecule has 2 fully saturated rings. The zero-order chi connectivity index (χ0) is 29.3. The molecule has 4 unspecified atom stereocenters. The maximum atomic E-state index is 13.0. The number of amides is 3. The normalized spacial score (nSPS) is 32.6. The van der Waals surface area contributed by atoms with E-state index in [1.165, 1.54) is 4.90 Å². The summed E-state index contributed by atoms with van der Waals surface area (Å²) in [5.41, 5.74) is 4.48. The van der Waals surface area contributed by atoms with Crippen LogP contribution < -0.4 is 11.1 Å². The molecule has 218 valence electrons. The molecule has 0 aromatic heterocycles. The quantitative estimate of drug-likeness (QED) is 0.351. The molecular weight excluding hydrogens is 547 g/mol. The van der Waals surface area contributed by atoms with E-state index in [9.17, 15) is 18.0 Å². The molecule has 3 N–H and O–H groups in total. The van der Waals surface area contributed by atoms with E-state index in [0.717, 1.165) is 5.41 Å². The number of ether oxygens (including phenoxy) is 2. The van der Waals surface area contributed by atoms with Crippen LogP contribution in [0.4, 0.5) is 4.79 Å². The molecule has 3 amide bonds. The van der Waals surface area contributed by atoms with Gasteiger partial charge in [0.2, 0.25) is 11.5 Å². The van der Waals surface area contributed by atoms with E-state index >= 15 is 0 Å². The van der Waals surface area contributed by atoms with Crippen LogP contribution in [0.3, 0.4) is 0 Å². The van der Waals surface area contributed by atoms with E-state index < -0.39 is 68.6 Å². The van der Waals surface area contributed by atoms with Gasteiger partial charge in [-0.2, -0.15) is 8.42 Å². The lowest BCUT2D eigenvalue weighted by atomic mass is 9.93. The smallest absolute Gasteiger partial charge is 0.326 e. The van der Waals surface area contributed by atoms with Gasteiger partial charge in [0.05, 0.1) is 25.1 Å². The maximum Gasteiger partial charge on any atom is 0.326 e. The molecule has 3 aliphatic heterocycles. The van der Waals surface area contributed by atoms with Gasteiger partial charge in [-0.05, 0) is 23.2 Å². The van der Waals surface area contributed by atoms with Crippen LogP contribution >= 0.6 is 0 Å². The number of urea groups is 1. The fraction of sp³-hybridized carbons (Fsp3) is 0.833. The zero-order valence-corrected chi connectivity index (χ0v) is 27.3. The minimum Gasteiger partial charge on any atom is -0.406 e. The molecule has 0 saturated carbocycles. The molecule has 3 heterocycles. The standard InChI is InChI=1S/C24H45N3O8SSi2/c1-15-12-27(21(29)26-18(15)28)19-17(34-38(10,11)23(5,6)7)24(16(25)13-36(30,31)35-24)20(33-19)32-14-37(8,9)22(2,3)4/h13,15,17,19-20H,12,14,25H2,1-11H3,(H,26,28,29)/t15?,17?,19?,20?,24-/m0/s1. The van der Waals surface area contributed by atoms with Gasteiger partial charge >= 0.3 is 6.03 Å². The molecule has 14 heteroatoms. The van der Waals surface area contributed by atoms with E-state index in [0.29, 0.717) is 6.23 Å². The number of imide groups is 1. The predicted molar refractivity (Wildman–Crippen MR) is 148 cm³/mol. The van der Waals surface area contributed by atoms with Crippen LogP contribution in [-0.4, -0.2) is 78.6 Å². The Morgan fingerprint density at radius 2 is 1.71 bits per heavy atom. The van der Waals surface area contributed by atoms with Crippen LogP contribution in [-0.2, 0) is 33.0 Å². The van der Waals surface area contributed by atoms with Crippen molar-refractivity contribution in [2.75, 3.05) is 12.8 Å². The highest BCUT2D eigenvalue weighted by Gasteiger charge is 2.69. The molecule has 0 radical (unpaired) electrons. The minimum atomic E-state index is -4.19. The third kappa shape index (κ3) is 5.49. The van der Waals surface area contributed by atoms with Crippen molar-refractivity contribution in [3.8, 4) is 0 Å². The van der Waals surface area contributed by atoms with Crippen LogP contribution in [0.25, 0.3) is 0 Å². The number of rotatable bonds is 6. The van der Waals surface area contributed by atoms with Gasteiger partial charge in [-0.15, -0.1) is 0 Å². The second-order valence-electron chi connectivity index (χ2n) is 13.9. The topological polar surface area (TPSA) is 146 Å². The zero-order valence-electron chi connectivity index (χ0n) is 24.5. The molecule has 3 aliphatic rings. The second-order valence-corrected chi connectivity index (χ2v) is 25.6. The average molecular weight is 592 g/mol. The molecule has 1 spiro atoms. The highest BCUT2D eigenvalue weighted by molar-refractivity contribution is 7.90. The molecular formula is C24H45N3O8SSi2. The van der Waals surface area contributed by atoms with Crippen molar-refractivity contribution in [1.82, 2.24) is 10.2 Å². The summed E-state index contributed by atoms with van der Waals surface area (Å²) in [6.45, 7) is 22.7. The summed E-state index contributed by atoms with van der Waals surface area (Å²) in [6.07, 6.45) is -3.21. The second kappa shape index (κ2) is 9.66. The molecule has 11 nitrogen and oxygen atoms in total. The Hall–Kier alpha value is -1.30. The summed E-state index contributed by atoms with van der Waals surface area (Å²) in [7, 11) is -8.84. The lowest BCUT2D eigenvalue weighted by molar-refractivity contribution is -0.187. The third-order valence-corrected chi connectivity index (χ3v) is 19.3. The van der Waals surface area contributed by atoms with Crippen molar-refractivity contribution in [3.05, 3.63) is 11.1 Å². The Morgan fingerprint density at radius 1 is 1.13 bits per heavy atom. The van der Waals surface area contributed by atoms with Gasteiger partial charge in [0.15, 0.2) is 20.8 Å². The maximum absolute atomic E-state index is 13.0. The highest BCUT2D eigenvalue weighted by atomic mass is 32.2. The van der Waals surface area contributed by atoms with Gasteiger partial charge in [0.1, 0.15) is 6.10 Å². The molecule has 0 aliphatic carbocycles. The van der Waals surface area contributed by atoms with Crippen molar-refractivity contribution in [2.45, 2.75) is 109 Å². The van der Waals surface area contributed by atoms with Crippen molar-refractivity contribution >= 4 is 38.4 Å². The summed E-state index contributed by atoms with van der Waals surface area (Å²) in [6, 6.07) is -0.662. The van der Waals surface area contributed by atoms with Crippen molar-refractivity contribution < 1.29 is 36.1 Å². The van der Waals surface area contributed by atoms with E-state index in [-0.39, 0.29) is 22.3 Å². The van der Waals surface area contributed by atoms with Crippen molar-refractivity contribution in [2.24, 2.45) is 11.7 Å². The molecule has 0 bridgehead atoms. The predicted octanol–water partition coefficient (Wildman–Crippen LogP) is 3.21. The van der Waals surface area contributed by atoms with Crippen LogP contribution in [0.5, 0.6) is 0 Å². The van der Waals surface area contributed by atoms with Crippen LogP contribution in [0.2, 0.25) is 36.3 Å². The number of hydrogen-bond acceptors (Lipinski definition) is 9. The van der Waals surface area contributed by atoms with Crippen molar-refractivity contribution in [3.63, 3.8) is 0 Å². The van der Waals surface area contributed by atoms with Crippen LogP contribution in [0, 0.1) is 5.92 Å². The SMILES string of the molecule is CC1CN(C2OC(OC[Si](C)(C)C(C)(C)C)[C@@]3(OS(=O)(=O)C=C3N)C2O[Si](C)(C)C(C)(C)C)C(=O)NC1=O. The molecule has 0 aromatic rings. The fourth-order valence-corrected chi connectivity index (χ4v) is 7.54. The molecule has 0 aromatic carbocycles. The fourth-order valence-electron chi connectivity index (χ4n) is 4.07.